The predicted octanol–water partition coefficient (Wildman–Crippen LogP) is 0.491. The summed E-state index contributed by atoms with van der Waals surface area (Å²) < 4.78 is 25.7. The molecule has 25 heavy (non-hydrogen) atoms. The molecule has 1 fully saturated rings. The number of sulfonamides is 1. The van der Waals surface area contributed by atoms with Crippen molar-refractivity contribution in [1.82, 2.24) is 9.62 Å². The molecule has 0 bridgehead atoms. The zero-order valence-electron chi connectivity index (χ0n) is 13.6. The molecule has 2 rings (SSSR count). The van der Waals surface area contributed by atoms with Crippen LogP contribution < -0.4 is 11.1 Å². The highest BCUT2D eigenvalue weighted by Gasteiger charge is 2.32. The molecule has 0 aromatic heterocycles. The zero-order valence-corrected chi connectivity index (χ0v) is 15.3. The molecule has 1 aliphatic carbocycles. The maximum Gasteiger partial charge on any atom is 0.270 e. The molecule has 0 radical (unpaired) electrons. The number of nitrogens with zero attached hydrogens (tertiary/aromatic N) is 2. The Hall–Kier alpha value is -1.75. The van der Waals surface area contributed by atoms with Crippen LogP contribution in [0.5, 0.6) is 0 Å². The van der Waals surface area contributed by atoms with Crippen molar-refractivity contribution in [3.63, 3.8) is 0 Å². The molecule has 3 N–H and O–H groups in total. The second-order valence-corrected chi connectivity index (χ2v) is 7.81. The van der Waals surface area contributed by atoms with Gasteiger partial charge in [0.2, 0.25) is 15.9 Å². The Morgan fingerprint density at radius 2 is 2.12 bits per heavy atom. The lowest BCUT2D eigenvalue weighted by atomic mass is 10.2. The van der Waals surface area contributed by atoms with Crippen molar-refractivity contribution in [3.8, 4) is 0 Å². The number of nitrogens with two attached hydrogens (primary N) is 1. The molecule has 0 aliphatic heterocycles. The molecule has 1 aliphatic rings. The second-order valence-electron chi connectivity index (χ2n) is 5.76. The first kappa shape index (κ1) is 21.3. The smallest absolute Gasteiger partial charge is 0.270 e. The molecule has 1 saturated carbocycles. The van der Waals surface area contributed by atoms with Crippen LogP contribution >= 0.6 is 12.4 Å². The van der Waals surface area contributed by atoms with E-state index in [4.69, 9.17) is 5.73 Å². The van der Waals surface area contributed by atoms with Gasteiger partial charge < -0.3 is 11.1 Å². The van der Waals surface area contributed by atoms with Crippen LogP contribution in [0, 0.1) is 16.0 Å². The number of likely N-dealkylation sites (N-methyl/N-ethyl adjacent to an activating group) is 1. The van der Waals surface area contributed by atoms with Gasteiger partial charge in [-0.1, -0.05) is 6.07 Å². The first-order valence-electron chi connectivity index (χ1n) is 7.46. The van der Waals surface area contributed by atoms with Gasteiger partial charge in [0.1, 0.15) is 0 Å². The number of halogens is 1. The predicted molar refractivity (Wildman–Crippen MR) is 93.9 cm³/mol. The topological polar surface area (TPSA) is 136 Å². The Labute approximate surface area is 152 Å². The first-order valence-corrected chi connectivity index (χ1v) is 8.90. The zero-order chi connectivity index (χ0) is 17.9. The maximum absolute atomic E-state index is 12.4. The van der Waals surface area contributed by atoms with Crippen LogP contribution in [-0.2, 0) is 14.8 Å². The molecular formula is C14H21ClN4O5S. The number of hydrogen-bond donors (Lipinski definition) is 2. The molecule has 0 spiro atoms. The van der Waals surface area contributed by atoms with Crippen LogP contribution in [0.2, 0.25) is 0 Å². The van der Waals surface area contributed by atoms with E-state index in [1.54, 1.807) is 0 Å². The monoisotopic (exact) mass is 392 g/mol. The number of nitro groups is 1. The van der Waals surface area contributed by atoms with Gasteiger partial charge in [-0.05, 0) is 24.8 Å². The van der Waals surface area contributed by atoms with Crippen molar-refractivity contribution in [2.75, 3.05) is 20.1 Å². The fraction of sp³-hybridized carbons (Fsp3) is 0.500. The number of amides is 1. The molecule has 1 amide bonds. The van der Waals surface area contributed by atoms with Crippen LogP contribution in [-0.4, -0.2) is 49.7 Å². The number of nitro benzene ring substituents is 1. The molecule has 140 valence electrons. The van der Waals surface area contributed by atoms with Gasteiger partial charge in [0, 0.05) is 31.8 Å². The number of carbonyl (C=O) groups is 1. The SMILES string of the molecule is CN(CC(=O)NC(CN)C1CC1)S(=O)(=O)c1cccc([N+](=O)[O-])c1.Cl. The highest BCUT2D eigenvalue weighted by atomic mass is 35.5. The summed E-state index contributed by atoms with van der Waals surface area (Å²) in [6.07, 6.45) is 2.01. The maximum atomic E-state index is 12.4. The Bertz CT molecular complexity index is 738. The standard InChI is InChI=1S/C14H20N4O5S.ClH/c1-17(9-14(19)16-13(8-15)10-5-6-10)24(22,23)12-4-2-3-11(7-12)18(20)21;/h2-4,7,10,13H,5-6,8-9,15H2,1H3,(H,16,19);1H. The molecule has 1 unspecified atom stereocenters. The third-order valence-corrected chi connectivity index (χ3v) is 5.69. The minimum atomic E-state index is -4.00. The van der Waals surface area contributed by atoms with E-state index in [1.807, 2.05) is 0 Å². The Balaban J connectivity index is 0.00000312. The van der Waals surface area contributed by atoms with Gasteiger partial charge in [-0.15, -0.1) is 12.4 Å². The van der Waals surface area contributed by atoms with Crippen LogP contribution in [0.3, 0.4) is 0 Å². The third kappa shape index (κ3) is 5.36. The summed E-state index contributed by atoms with van der Waals surface area (Å²) in [6, 6.07) is 4.57. The van der Waals surface area contributed by atoms with Gasteiger partial charge in [-0.25, -0.2) is 8.42 Å². The lowest BCUT2D eigenvalue weighted by Gasteiger charge is -2.20. The minimum Gasteiger partial charge on any atom is -0.351 e. The van der Waals surface area contributed by atoms with Crippen molar-refractivity contribution >= 4 is 34.0 Å². The van der Waals surface area contributed by atoms with E-state index in [0.717, 1.165) is 23.2 Å². The number of non-ortho nitro benzene ring substituents is 1. The van der Waals surface area contributed by atoms with Crippen molar-refractivity contribution in [1.29, 1.82) is 0 Å². The summed E-state index contributed by atoms with van der Waals surface area (Å²) in [5.74, 6) is -0.0912. The Morgan fingerprint density at radius 1 is 1.48 bits per heavy atom. The molecule has 1 aromatic rings. The number of rotatable bonds is 8. The van der Waals surface area contributed by atoms with Gasteiger partial charge in [-0.3, -0.25) is 14.9 Å². The van der Waals surface area contributed by atoms with Gasteiger partial charge in [0.15, 0.2) is 0 Å². The van der Waals surface area contributed by atoms with E-state index in [0.29, 0.717) is 12.5 Å². The summed E-state index contributed by atoms with van der Waals surface area (Å²) >= 11 is 0. The van der Waals surface area contributed by atoms with Gasteiger partial charge in [-0.2, -0.15) is 4.31 Å². The number of nitrogens with one attached hydrogen (secondary N) is 1. The van der Waals surface area contributed by atoms with Crippen molar-refractivity contribution < 1.29 is 18.1 Å². The van der Waals surface area contributed by atoms with Crippen LogP contribution in [0.25, 0.3) is 0 Å². The summed E-state index contributed by atoms with van der Waals surface area (Å²) in [7, 11) is -2.75. The normalized spacial score (nSPS) is 15.3. The molecule has 0 heterocycles. The molecule has 11 heteroatoms. The lowest BCUT2D eigenvalue weighted by Crippen LogP contribution is -2.46. The van der Waals surface area contributed by atoms with E-state index in [-0.39, 0.29) is 35.6 Å². The minimum absolute atomic E-state index is 0. The van der Waals surface area contributed by atoms with E-state index in [1.165, 1.54) is 25.2 Å². The van der Waals surface area contributed by atoms with E-state index in [2.05, 4.69) is 5.32 Å². The van der Waals surface area contributed by atoms with Crippen LogP contribution in [0.1, 0.15) is 12.8 Å². The summed E-state index contributed by atoms with van der Waals surface area (Å²) in [5.41, 5.74) is 5.28. The van der Waals surface area contributed by atoms with Gasteiger partial charge in [0.25, 0.3) is 5.69 Å². The van der Waals surface area contributed by atoms with Crippen molar-refractivity contribution in [2.45, 2.75) is 23.8 Å². The average molecular weight is 393 g/mol. The number of hydrogen-bond acceptors (Lipinski definition) is 6. The Morgan fingerprint density at radius 3 is 2.64 bits per heavy atom. The highest BCUT2D eigenvalue weighted by molar-refractivity contribution is 7.89. The quantitative estimate of drug-likeness (QED) is 0.488. The van der Waals surface area contributed by atoms with Crippen molar-refractivity contribution in [3.05, 3.63) is 34.4 Å². The molecule has 9 nitrogen and oxygen atoms in total. The van der Waals surface area contributed by atoms with Gasteiger partial charge >= 0.3 is 0 Å². The fourth-order valence-corrected chi connectivity index (χ4v) is 3.51. The van der Waals surface area contributed by atoms with Crippen LogP contribution in [0.15, 0.2) is 29.2 Å². The number of benzene rings is 1. The molecule has 0 saturated heterocycles. The molecule has 1 aromatic carbocycles. The molecular weight excluding hydrogens is 372 g/mol. The van der Waals surface area contributed by atoms with E-state index in [9.17, 15) is 23.3 Å². The first-order chi connectivity index (χ1) is 11.3. The highest BCUT2D eigenvalue weighted by Crippen LogP contribution is 2.32. The lowest BCUT2D eigenvalue weighted by molar-refractivity contribution is -0.385. The second kappa shape index (κ2) is 8.56. The fourth-order valence-electron chi connectivity index (χ4n) is 2.34. The van der Waals surface area contributed by atoms with E-state index >= 15 is 0 Å². The van der Waals surface area contributed by atoms with Crippen LogP contribution in [0.4, 0.5) is 5.69 Å². The third-order valence-electron chi connectivity index (χ3n) is 3.89. The van der Waals surface area contributed by atoms with Crippen molar-refractivity contribution in [2.24, 2.45) is 11.7 Å². The summed E-state index contributed by atoms with van der Waals surface area (Å²) in [6.45, 7) is -0.0774. The largest absolute Gasteiger partial charge is 0.351 e. The summed E-state index contributed by atoms with van der Waals surface area (Å²) in [4.78, 5) is 21.9. The Kier molecular flexibility index (Phi) is 7.29. The van der Waals surface area contributed by atoms with Gasteiger partial charge in [0.05, 0.1) is 16.4 Å². The average Bonchev–Trinajstić information content (AvgIpc) is 3.37. The molecule has 1 atom stereocenters. The van der Waals surface area contributed by atoms with E-state index < -0.39 is 20.9 Å². The number of carbonyl (C=O) groups excluding carboxylic acids is 1. The summed E-state index contributed by atoms with van der Waals surface area (Å²) in [5, 5.41) is 13.5.